The molecule has 6 nitrogen and oxygen atoms in total. The van der Waals surface area contributed by atoms with Crippen molar-refractivity contribution >= 4 is 56.5 Å². The lowest BCUT2D eigenvalue weighted by atomic mass is 10.2. The van der Waals surface area contributed by atoms with Gasteiger partial charge >= 0.3 is 5.97 Å². The maximum Gasteiger partial charge on any atom is 0.335 e. The summed E-state index contributed by atoms with van der Waals surface area (Å²) in [5.74, 6) is -0.819. The normalized spacial score (nSPS) is 15.7. The van der Waals surface area contributed by atoms with E-state index in [-0.39, 0.29) is 17.3 Å². The van der Waals surface area contributed by atoms with Gasteiger partial charge in [0.1, 0.15) is 18.2 Å². The van der Waals surface area contributed by atoms with Crippen LogP contribution in [0.15, 0.2) is 81.1 Å². The monoisotopic (exact) mass is 554 g/mol. The van der Waals surface area contributed by atoms with Gasteiger partial charge in [-0.15, -0.1) is 0 Å². The number of thioether (sulfide) groups is 1. The molecule has 1 heterocycles. The van der Waals surface area contributed by atoms with E-state index in [2.05, 4.69) is 20.9 Å². The summed E-state index contributed by atoms with van der Waals surface area (Å²) < 4.78 is 19.6. The molecule has 0 saturated carbocycles. The summed E-state index contributed by atoms with van der Waals surface area (Å²) in [6.07, 6.45) is 1.79. The first-order valence-corrected chi connectivity index (χ1v) is 12.2. The number of ether oxygens (including phenoxy) is 1. The van der Waals surface area contributed by atoms with Gasteiger partial charge in [-0.1, -0.05) is 18.2 Å². The molecule has 178 valence electrons. The number of carbonyl (C=O) groups is 2. The average Bonchev–Trinajstić information content (AvgIpc) is 3.13. The lowest BCUT2D eigenvalue weighted by Crippen LogP contribution is -2.28. The molecule has 3 aromatic carbocycles. The second kappa shape index (κ2) is 10.9. The Bertz CT molecular complexity index is 1320. The number of halogens is 2. The Morgan fingerprint density at radius 2 is 1.86 bits per heavy atom. The van der Waals surface area contributed by atoms with Gasteiger partial charge in [-0.2, -0.15) is 0 Å². The van der Waals surface area contributed by atoms with Gasteiger partial charge in [0.05, 0.1) is 20.6 Å². The van der Waals surface area contributed by atoms with E-state index < -0.39 is 5.97 Å². The van der Waals surface area contributed by atoms with Crippen LogP contribution in [-0.2, 0) is 11.4 Å². The zero-order valence-electron chi connectivity index (χ0n) is 18.6. The molecule has 0 radical (unpaired) electrons. The topological polar surface area (TPSA) is 79.2 Å². The van der Waals surface area contributed by atoms with Crippen LogP contribution in [0.2, 0.25) is 0 Å². The number of nitrogens with zero attached hydrogens (tertiary/aromatic N) is 2. The third-order valence-electron chi connectivity index (χ3n) is 5.10. The Labute approximate surface area is 214 Å². The number of rotatable bonds is 7. The van der Waals surface area contributed by atoms with Crippen LogP contribution in [-0.4, -0.2) is 33.6 Å². The lowest BCUT2D eigenvalue weighted by Gasteiger charge is -2.12. The van der Waals surface area contributed by atoms with Crippen molar-refractivity contribution in [2.75, 3.05) is 6.54 Å². The first kappa shape index (κ1) is 24.7. The molecule has 1 fully saturated rings. The standard InChI is InChI=1S/C26H20BrFN2O4S/c1-2-30-24(31)23(35-26(30)29-20-10-6-18(7-11-20)25(32)33)14-17-5-12-22(21(27)13-17)34-15-16-3-8-19(28)9-4-16/h3-14H,2,15H2,1H3,(H,32,33). The van der Waals surface area contributed by atoms with Crippen molar-refractivity contribution in [3.63, 3.8) is 0 Å². The molecule has 1 saturated heterocycles. The van der Waals surface area contributed by atoms with Crippen molar-refractivity contribution in [2.45, 2.75) is 13.5 Å². The fourth-order valence-electron chi connectivity index (χ4n) is 3.28. The minimum absolute atomic E-state index is 0.147. The van der Waals surface area contributed by atoms with Crippen LogP contribution in [0.1, 0.15) is 28.4 Å². The number of hydrogen-bond donors (Lipinski definition) is 1. The molecular weight excluding hydrogens is 535 g/mol. The summed E-state index contributed by atoms with van der Waals surface area (Å²) in [5.41, 5.74) is 2.40. The van der Waals surface area contributed by atoms with Gasteiger partial charge in [0.15, 0.2) is 5.17 Å². The number of carbonyl (C=O) groups excluding carboxylic acids is 1. The quantitative estimate of drug-likeness (QED) is 0.337. The van der Waals surface area contributed by atoms with Crippen molar-refractivity contribution in [2.24, 2.45) is 4.99 Å². The number of benzene rings is 3. The number of aromatic carboxylic acids is 1. The van der Waals surface area contributed by atoms with Gasteiger partial charge in [-0.3, -0.25) is 9.69 Å². The molecule has 3 aromatic rings. The molecule has 0 unspecified atom stereocenters. The predicted molar refractivity (Wildman–Crippen MR) is 138 cm³/mol. The van der Waals surface area contributed by atoms with E-state index in [0.29, 0.717) is 34.7 Å². The van der Waals surface area contributed by atoms with E-state index in [4.69, 9.17) is 9.84 Å². The molecule has 0 spiro atoms. The van der Waals surface area contributed by atoms with E-state index in [0.717, 1.165) is 15.6 Å². The van der Waals surface area contributed by atoms with E-state index in [1.165, 1.54) is 36.0 Å². The Morgan fingerprint density at radius 3 is 2.49 bits per heavy atom. The summed E-state index contributed by atoms with van der Waals surface area (Å²) >= 11 is 4.78. The predicted octanol–water partition coefficient (Wildman–Crippen LogP) is 6.49. The molecule has 35 heavy (non-hydrogen) atoms. The highest BCUT2D eigenvalue weighted by atomic mass is 79.9. The van der Waals surface area contributed by atoms with Gasteiger partial charge < -0.3 is 9.84 Å². The molecule has 0 aromatic heterocycles. The fraction of sp³-hybridized carbons (Fsp3) is 0.115. The Hall–Kier alpha value is -3.43. The Balaban J connectivity index is 1.50. The molecule has 1 N–H and O–H groups in total. The van der Waals surface area contributed by atoms with Crippen LogP contribution in [0.25, 0.3) is 6.08 Å². The van der Waals surface area contributed by atoms with Crippen LogP contribution in [0.3, 0.4) is 0 Å². The van der Waals surface area contributed by atoms with Crippen molar-refractivity contribution in [3.8, 4) is 5.75 Å². The molecule has 1 aliphatic rings. The van der Waals surface area contributed by atoms with E-state index in [1.54, 1.807) is 41.3 Å². The van der Waals surface area contributed by atoms with Gasteiger partial charge in [0, 0.05) is 6.54 Å². The molecule has 4 rings (SSSR count). The second-order valence-electron chi connectivity index (χ2n) is 7.51. The summed E-state index contributed by atoms with van der Waals surface area (Å²) in [6, 6.07) is 17.8. The summed E-state index contributed by atoms with van der Waals surface area (Å²) in [6.45, 7) is 2.62. The van der Waals surface area contributed by atoms with E-state index >= 15 is 0 Å². The van der Waals surface area contributed by atoms with Crippen molar-refractivity contribution in [1.82, 2.24) is 4.90 Å². The van der Waals surface area contributed by atoms with Gasteiger partial charge in [-0.25, -0.2) is 14.2 Å². The molecule has 0 aliphatic carbocycles. The first-order valence-electron chi connectivity index (χ1n) is 10.6. The molecule has 9 heteroatoms. The number of aliphatic imine (C=N–C) groups is 1. The van der Waals surface area contributed by atoms with Gasteiger partial charge in [0.25, 0.3) is 5.91 Å². The summed E-state index contributed by atoms with van der Waals surface area (Å²) in [5, 5.41) is 9.59. The second-order valence-corrected chi connectivity index (χ2v) is 9.37. The van der Waals surface area contributed by atoms with E-state index in [9.17, 15) is 14.0 Å². The highest BCUT2D eigenvalue weighted by Gasteiger charge is 2.32. The summed E-state index contributed by atoms with van der Waals surface area (Å²) in [7, 11) is 0. The molecule has 1 amide bonds. The van der Waals surface area contributed by atoms with Crippen molar-refractivity contribution in [1.29, 1.82) is 0 Å². The number of amides is 1. The zero-order chi connectivity index (χ0) is 24.9. The lowest BCUT2D eigenvalue weighted by molar-refractivity contribution is -0.122. The smallest absolute Gasteiger partial charge is 0.335 e. The fourth-order valence-corrected chi connectivity index (χ4v) is 4.85. The van der Waals surface area contributed by atoms with Gasteiger partial charge in [0.2, 0.25) is 0 Å². The largest absolute Gasteiger partial charge is 0.488 e. The molecular formula is C26H20BrFN2O4S. The summed E-state index contributed by atoms with van der Waals surface area (Å²) in [4.78, 5) is 30.6. The third-order valence-corrected chi connectivity index (χ3v) is 6.73. The number of carboxylic acids is 1. The van der Waals surface area contributed by atoms with Crippen LogP contribution < -0.4 is 4.74 Å². The van der Waals surface area contributed by atoms with Gasteiger partial charge in [-0.05, 0) is 100 Å². The molecule has 0 atom stereocenters. The van der Waals surface area contributed by atoms with Crippen LogP contribution in [0, 0.1) is 5.82 Å². The maximum absolute atomic E-state index is 13.1. The molecule has 1 aliphatic heterocycles. The Kier molecular flexibility index (Phi) is 7.67. The SMILES string of the molecule is CCN1C(=O)C(=Cc2ccc(OCc3ccc(F)cc3)c(Br)c2)SC1=Nc1ccc(C(=O)O)cc1. The first-order chi connectivity index (χ1) is 16.8. The number of amidine groups is 1. The van der Waals surface area contributed by atoms with Crippen LogP contribution in [0.5, 0.6) is 5.75 Å². The maximum atomic E-state index is 13.1. The number of likely N-dealkylation sites (N-methyl/N-ethyl adjacent to an activating group) is 1. The third kappa shape index (κ3) is 5.98. The van der Waals surface area contributed by atoms with Crippen molar-refractivity contribution in [3.05, 3.63) is 98.6 Å². The number of carboxylic acid groups (broad SMARTS) is 1. The van der Waals surface area contributed by atoms with Crippen LogP contribution >= 0.6 is 27.7 Å². The van der Waals surface area contributed by atoms with Crippen molar-refractivity contribution < 1.29 is 23.8 Å². The highest BCUT2D eigenvalue weighted by Crippen LogP contribution is 2.35. The average molecular weight is 555 g/mol. The minimum Gasteiger partial charge on any atom is -0.488 e. The number of hydrogen-bond acceptors (Lipinski definition) is 5. The Morgan fingerprint density at radius 1 is 1.14 bits per heavy atom. The van der Waals surface area contributed by atoms with Crippen LogP contribution in [0.4, 0.5) is 10.1 Å². The minimum atomic E-state index is -1.01. The highest BCUT2D eigenvalue weighted by molar-refractivity contribution is 9.10. The van der Waals surface area contributed by atoms with E-state index in [1.807, 2.05) is 19.1 Å². The molecule has 0 bridgehead atoms. The zero-order valence-corrected chi connectivity index (χ0v) is 21.0.